The third-order valence-corrected chi connectivity index (χ3v) is 2.57. The van der Waals surface area contributed by atoms with E-state index in [1.54, 1.807) is 0 Å². The second-order valence-electron chi connectivity index (χ2n) is 2.75. The monoisotopic (exact) mass is 199 g/mol. The minimum absolute atomic E-state index is 0.687. The van der Waals surface area contributed by atoms with Gasteiger partial charge in [-0.2, -0.15) is 0 Å². The number of halogens is 2. The molecule has 12 heavy (non-hydrogen) atoms. The van der Waals surface area contributed by atoms with Gasteiger partial charge in [0.2, 0.25) is 0 Å². The number of benzene rings is 1. The molecule has 0 aliphatic carbocycles. The summed E-state index contributed by atoms with van der Waals surface area (Å²) in [5.74, 6) is 0. The average molecular weight is 200 g/mol. The summed E-state index contributed by atoms with van der Waals surface area (Å²) >= 11 is 11.7. The molecule has 1 N–H and O–H groups in total. The van der Waals surface area contributed by atoms with E-state index >= 15 is 0 Å². The van der Waals surface area contributed by atoms with Gasteiger partial charge in [0, 0.05) is 15.9 Å². The Labute approximate surface area is 80.3 Å². The summed E-state index contributed by atoms with van der Waals surface area (Å²) < 4.78 is 0. The quantitative estimate of drug-likeness (QED) is 0.665. The van der Waals surface area contributed by atoms with Crippen LogP contribution in [0.2, 0.25) is 10.2 Å². The van der Waals surface area contributed by atoms with Gasteiger partial charge in [-0.3, -0.25) is 0 Å². The fourth-order valence-electron chi connectivity index (χ4n) is 1.28. The summed E-state index contributed by atoms with van der Waals surface area (Å²) in [6, 6.07) is 5.70. The maximum absolute atomic E-state index is 5.91. The molecule has 0 aliphatic rings. The predicted octanol–water partition coefficient (Wildman–Crippen LogP) is 3.78. The fourth-order valence-corrected chi connectivity index (χ4v) is 1.65. The molecule has 62 valence electrons. The second kappa shape index (κ2) is 2.68. The van der Waals surface area contributed by atoms with Gasteiger partial charge < -0.3 is 4.98 Å². The first-order valence-electron chi connectivity index (χ1n) is 3.62. The van der Waals surface area contributed by atoms with Crippen molar-refractivity contribution in [3.05, 3.63) is 33.9 Å². The van der Waals surface area contributed by atoms with Gasteiger partial charge in [-0.05, 0) is 24.6 Å². The van der Waals surface area contributed by atoms with E-state index in [1.807, 2.05) is 25.1 Å². The highest BCUT2D eigenvalue weighted by atomic mass is 35.5. The Hall–Kier alpha value is -0.660. The van der Waals surface area contributed by atoms with Crippen molar-refractivity contribution in [2.75, 3.05) is 0 Å². The Morgan fingerprint density at radius 1 is 1.25 bits per heavy atom. The number of fused-ring (bicyclic) bond motifs is 1. The van der Waals surface area contributed by atoms with Crippen molar-refractivity contribution >= 4 is 34.1 Å². The molecule has 3 heteroatoms. The van der Waals surface area contributed by atoms with Gasteiger partial charge in [-0.1, -0.05) is 29.3 Å². The van der Waals surface area contributed by atoms with Crippen LogP contribution < -0.4 is 0 Å². The molecule has 0 bridgehead atoms. The van der Waals surface area contributed by atoms with Gasteiger partial charge in [0.25, 0.3) is 0 Å². The molecule has 0 amide bonds. The van der Waals surface area contributed by atoms with E-state index in [9.17, 15) is 0 Å². The van der Waals surface area contributed by atoms with Gasteiger partial charge in [0.15, 0.2) is 0 Å². The topological polar surface area (TPSA) is 15.8 Å². The molecule has 0 spiro atoms. The van der Waals surface area contributed by atoms with Gasteiger partial charge in [-0.15, -0.1) is 0 Å². The number of rotatable bonds is 0. The van der Waals surface area contributed by atoms with Crippen LogP contribution in [0.25, 0.3) is 10.9 Å². The molecular formula is C9H7Cl2N. The molecule has 0 unspecified atom stereocenters. The summed E-state index contributed by atoms with van der Waals surface area (Å²) in [5, 5.41) is 2.54. The summed E-state index contributed by atoms with van der Waals surface area (Å²) in [7, 11) is 0. The van der Waals surface area contributed by atoms with E-state index < -0.39 is 0 Å². The van der Waals surface area contributed by atoms with Crippen molar-refractivity contribution in [3.8, 4) is 0 Å². The first kappa shape index (κ1) is 7.96. The number of aromatic nitrogens is 1. The van der Waals surface area contributed by atoms with Crippen LogP contribution in [0.3, 0.4) is 0 Å². The number of nitrogens with one attached hydrogen (secondary N) is 1. The lowest BCUT2D eigenvalue weighted by molar-refractivity contribution is 1.42. The average Bonchev–Trinajstić information content (AvgIpc) is 2.28. The molecule has 1 aromatic carbocycles. The summed E-state index contributed by atoms with van der Waals surface area (Å²) in [6.45, 7) is 1.98. The molecule has 1 heterocycles. The lowest BCUT2D eigenvalue weighted by Gasteiger charge is -1.90. The van der Waals surface area contributed by atoms with Crippen LogP contribution in [0.4, 0.5) is 0 Å². The van der Waals surface area contributed by atoms with Crippen molar-refractivity contribution in [1.29, 1.82) is 0 Å². The highest BCUT2D eigenvalue weighted by molar-refractivity contribution is 6.33. The number of aromatic amines is 1. The standard InChI is InChI=1S/C9H7Cl2N/c1-5-7-3-2-6(10)4-8(7)12-9(5)11/h2-4,12H,1H3. The van der Waals surface area contributed by atoms with E-state index in [4.69, 9.17) is 23.2 Å². The van der Waals surface area contributed by atoms with E-state index in [-0.39, 0.29) is 0 Å². The van der Waals surface area contributed by atoms with Crippen molar-refractivity contribution in [2.45, 2.75) is 6.92 Å². The van der Waals surface area contributed by atoms with Gasteiger partial charge in [-0.25, -0.2) is 0 Å². The molecule has 2 rings (SSSR count). The van der Waals surface area contributed by atoms with E-state index in [2.05, 4.69) is 4.98 Å². The summed E-state index contributed by atoms with van der Waals surface area (Å²) in [5.41, 5.74) is 2.06. The molecule has 1 aromatic heterocycles. The molecule has 0 fully saturated rings. The van der Waals surface area contributed by atoms with E-state index in [0.717, 1.165) is 21.5 Å². The van der Waals surface area contributed by atoms with Crippen LogP contribution in [0.5, 0.6) is 0 Å². The van der Waals surface area contributed by atoms with Crippen molar-refractivity contribution in [1.82, 2.24) is 4.98 Å². The minimum atomic E-state index is 0.687. The highest BCUT2D eigenvalue weighted by Crippen LogP contribution is 2.26. The zero-order valence-electron chi connectivity index (χ0n) is 6.49. The molecule has 0 saturated carbocycles. The smallest absolute Gasteiger partial charge is 0.110 e. The van der Waals surface area contributed by atoms with E-state index in [1.165, 1.54) is 0 Å². The number of hydrogen-bond acceptors (Lipinski definition) is 0. The predicted molar refractivity (Wildman–Crippen MR) is 53.1 cm³/mol. The molecular weight excluding hydrogens is 193 g/mol. The maximum Gasteiger partial charge on any atom is 0.110 e. The molecule has 0 atom stereocenters. The zero-order valence-corrected chi connectivity index (χ0v) is 8.00. The van der Waals surface area contributed by atoms with Crippen LogP contribution in [-0.4, -0.2) is 4.98 Å². The van der Waals surface area contributed by atoms with Crippen LogP contribution in [0, 0.1) is 6.92 Å². The molecule has 0 aliphatic heterocycles. The Morgan fingerprint density at radius 3 is 2.75 bits per heavy atom. The normalized spacial score (nSPS) is 10.9. The van der Waals surface area contributed by atoms with Crippen LogP contribution >= 0.6 is 23.2 Å². The first-order valence-corrected chi connectivity index (χ1v) is 4.37. The molecule has 0 saturated heterocycles. The zero-order chi connectivity index (χ0) is 8.72. The van der Waals surface area contributed by atoms with Crippen molar-refractivity contribution in [3.63, 3.8) is 0 Å². The lowest BCUT2D eigenvalue weighted by atomic mass is 10.2. The highest BCUT2D eigenvalue weighted by Gasteiger charge is 2.04. The first-order chi connectivity index (χ1) is 5.68. The molecule has 0 radical (unpaired) electrons. The largest absolute Gasteiger partial charge is 0.345 e. The van der Waals surface area contributed by atoms with Gasteiger partial charge in [0.05, 0.1) is 0 Å². The SMILES string of the molecule is Cc1c(Cl)[nH]c2cc(Cl)ccc12. The Bertz CT molecular complexity index is 431. The van der Waals surface area contributed by atoms with Gasteiger partial charge in [0.1, 0.15) is 5.15 Å². The van der Waals surface area contributed by atoms with Crippen molar-refractivity contribution < 1.29 is 0 Å². The van der Waals surface area contributed by atoms with Crippen LogP contribution in [-0.2, 0) is 0 Å². The third-order valence-electron chi connectivity index (χ3n) is 1.96. The van der Waals surface area contributed by atoms with Crippen LogP contribution in [0.15, 0.2) is 18.2 Å². The minimum Gasteiger partial charge on any atom is -0.345 e. The Balaban J connectivity index is 2.87. The van der Waals surface area contributed by atoms with Crippen LogP contribution in [0.1, 0.15) is 5.56 Å². The van der Waals surface area contributed by atoms with Crippen molar-refractivity contribution in [2.24, 2.45) is 0 Å². The van der Waals surface area contributed by atoms with Gasteiger partial charge >= 0.3 is 0 Å². The Kier molecular flexibility index (Phi) is 1.78. The maximum atomic E-state index is 5.91. The third kappa shape index (κ3) is 1.10. The molecule has 1 nitrogen and oxygen atoms in total. The van der Waals surface area contributed by atoms with E-state index in [0.29, 0.717) is 5.15 Å². The molecule has 2 aromatic rings. The lowest BCUT2D eigenvalue weighted by Crippen LogP contribution is -1.68. The number of aryl methyl sites for hydroxylation is 1. The fraction of sp³-hybridized carbons (Fsp3) is 0.111. The number of hydrogen-bond donors (Lipinski definition) is 1. The summed E-state index contributed by atoms with van der Waals surface area (Å²) in [4.78, 5) is 3.05. The number of H-pyrrole nitrogens is 1. The summed E-state index contributed by atoms with van der Waals surface area (Å²) in [6.07, 6.45) is 0. The second-order valence-corrected chi connectivity index (χ2v) is 3.57. The Morgan fingerprint density at radius 2 is 2.00 bits per heavy atom.